The number of fused-ring (bicyclic) bond motifs is 1. The molecule has 212 valence electrons. The molecule has 10 heteroatoms. The largest absolute Gasteiger partial charge is 0.489 e. The molecule has 1 saturated carbocycles. The van der Waals surface area contributed by atoms with Crippen molar-refractivity contribution in [1.29, 1.82) is 0 Å². The van der Waals surface area contributed by atoms with E-state index in [1.807, 2.05) is 45.2 Å². The normalized spacial score (nSPS) is 21.1. The molecule has 0 spiro atoms. The van der Waals surface area contributed by atoms with E-state index in [1.165, 1.54) is 18.4 Å². The van der Waals surface area contributed by atoms with Crippen molar-refractivity contribution < 1.29 is 28.9 Å². The Morgan fingerprint density at radius 1 is 1.13 bits per heavy atom. The minimum Gasteiger partial charge on any atom is -0.489 e. The highest BCUT2D eigenvalue weighted by Gasteiger charge is 2.40. The summed E-state index contributed by atoms with van der Waals surface area (Å²) in [6, 6.07) is 3.95. The zero-order chi connectivity index (χ0) is 27.9. The molecule has 0 unspecified atom stereocenters. The van der Waals surface area contributed by atoms with Crippen LogP contribution in [0, 0.1) is 0 Å². The van der Waals surface area contributed by atoms with Crippen LogP contribution in [-0.4, -0.2) is 65.1 Å². The Morgan fingerprint density at radius 2 is 1.85 bits per heavy atom. The van der Waals surface area contributed by atoms with Gasteiger partial charge in [0.1, 0.15) is 22.0 Å². The van der Waals surface area contributed by atoms with Gasteiger partial charge in [-0.15, -0.1) is 11.3 Å². The van der Waals surface area contributed by atoms with Crippen molar-refractivity contribution in [2.24, 2.45) is 0 Å². The van der Waals surface area contributed by atoms with Crippen molar-refractivity contribution in [1.82, 2.24) is 9.88 Å². The molecule has 0 radical (unpaired) electrons. The maximum absolute atomic E-state index is 12.6. The number of ether oxygens (including phenoxy) is 3. The van der Waals surface area contributed by atoms with E-state index < -0.39 is 11.2 Å². The molecule has 2 amide bonds. The number of likely N-dealkylation sites (tertiary alicyclic amines) is 1. The van der Waals surface area contributed by atoms with E-state index in [0.29, 0.717) is 30.9 Å². The van der Waals surface area contributed by atoms with Gasteiger partial charge in [0.15, 0.2) is 0 Å². The molecule has 1 saturated heterocycles. The number of methoxy groups -OCH3 is 1. The number of aliphatic hydroxyl groups is 1. The molecule has 1 atom stereocenters. The number of hydrogen-bond acceptors (Lipinski definition) is 8. The lowest BCUT2D eigenvalue weighted by atomic mass is 9.91. The maximum Gasteiger partial charge on any atom is 0.414 e. The molecular formula is C29H39N3O6S. The molecule has 3 aliphatic rings. The summed E-state index contributed by atoms with van der Waals surface area (Å²) >= 11 is 1.43. The van der Waals surface area contributed by atoms with Crippen LogP contribution in [-0.2, 0) is 21.5 Å². The van der Waals surface area contributed by atoms with Crippen LogP contribution in [0.5, 0.6) is 5.75 Å². The number of hydrogen-bond donors (Lipinski definition) is 1. The standard InChI is InChI=1S/C29H39N3O6S/c1-18-9-10-21-23(32(18)27(34)36-5)12-11-20(24(21)37-19-7-6-8-19)22-17-39-25(30-22)29(35)13-15-31(16-14-29)26(33)38-28(2,3)4/h11-12,17-19,35H,6-10,13-16H2,1-5H3/t18-/m0/s1. The van der Waals surface area contributed by atoms with Crippen LogP contribution in [0.3, 0.4) is 0 Å². The average Bonchev–Trinajstić information content (AvgIpc) is 3.36. The SMILES string of the molecule is COC(=O)N1c2ccc(-c3csc(C4(O)CCN(C(=O)OC(C)(C)C)CC4)n3)c(OC3CCC3)c2CC[C@@H]1C. The summed E-state index contributed by atoms with van der Waals surface area (Å²) in [6.07, 6.45) is 4.97. The molecule has 2 aliphatic heterocycles. The highest BCUT2D eigenvalue weighted by atomic mass is 32.1. The van der Waals surface area contributed by atoms with Gasteiger partial charge in [-0.05, 0) is 71.9 Å². The number of piperidine rings is 1. The molecule has 5 rings (SSSR count). The Bertz CT molecular complexity index is 1230. The predicted octanol–water partition coefficient (Wildman–Crippen LogP) is 5.87. The Labute approximate surface area is 234 Å². The van der Waals surface area contributed by atoms with Gasteiger partial charge in [0.2, 0.25) is 0 Å². The fourth-order valence-corrected chi connectivity index (χ4v) is 6.36. The highest BCUT2D eigenvalue weighted by Crippen LogP contribution is 2.46. The first-order chi connectivity index (χ1) is 18.5. The van der Waals surface area contributed by atoms with E-state index in [9.17, 15) is 14.7 Å². The third kappa shape index (κ3) is 5.59. The van der Waals surface area contributed by atoms with E-state index in [0.717, 1.165) is 60.4 Å². The minimum atomic E-state index is -1.11. The zero-order valence-electron chi connectivity index (χ0n) is 23.5. The Kier molecular flexibility index (Phi) is 7.54. The maximum atomic E-state index is 12.6. The molecule has 2 fully saturated rings. The van der Waals surface area contributed by atoms with E-state index in [4.69, 9.17) is 19.2 Å². The van der Waals surface area contributed by atoms with Gasteiger partial charge in [0, 0.05) is 48.5 Å². The Morgan fingerprint density at radius 3 is 2.46 bits per heavy atom. The van der Waals surface area contributed by atoms with Gasteiger partial charge in [-0.3, -0.25) is 4.90 Å². The Balaban J connectivity index is 1.42. The van der Waals surface area contributed by atoms with E-state index >= 15 is 0 Å². The van der Waals surface area contributed by atoms with E-state index in [1.54, 1.807) is 9.80 Å². The fraction of sp³-hybridized carbons (Fsp3) is 0.621. The quantitative estimate of drug-likeness (QED) is 0.502. The molecule has 1 N–H and O–H groups in total. The number of rotatable bonds is 4. The average molecular weight is 558 g/mol. The predicted molar refractivity (Wildman–Crippen MR) is 149 cm³/mol. The van der Waals surface area contributed by atoms with Gasteiger partial charge in [0.25, 0.3) is 0 Å². The number of aromatic nitrogens is 1. The third-order valence-corrected chi connectivity index (χ3v) is 8.91. The number of nitrogens with zero attached hydrogens (tertiary/aromatic N) is 3. The zero-order valence-corrected chi connectivity index (χ0v) is 24.3. The molecule has 3 heterocycles. The second-order valence-electron chi connectivity index (χ2n) is 11.9. The van der Waals surface area contributed by atoms with Crippen LogP contribution < -0.4 is 9.64 Å². The van der Waals surface area contributed by atoms with Crippen molar-refractivity contribution in [3.8, 4) is 17.0 Å². The van der Waals surface area contributed by atoms with Crippen molar-refractivity contribution in [2.75, 3.05) is 25.1 Å². The lowest BCUT2D eigenvalue weighted by molar-refractivity contribution is -0.0357. The summed E-state index contributed by atoms with van der Waals surface area (Å²) < 4.78 is 17.1. The minimum absolute atomic E-state index is 0.0269. The molecule has 2 aromatic rings. The third-order valence-electron chi connectivity index (χ3n) is 7.88. The number of amides is 2. The summed E-state index contributed by atoms with van der Waals surface area (Å²) in [5, 5.41) is 14.1. The van der Waals surface area contributed by atoms with Crippen molar-refractivity contribution in [3.63, 3.8) is 0 Å². The molecule has 39 heavy (non-hydrogen) atoms. The summed E-state index contributed by atoms with van der Waals surface area (Å²) in [7, 11) is 1.41. The van der Waals surface area contributed by atoms with Gasteiger partial charge in [-0.25, -0.2) is 14.6 Å². The first kappa shape index (κ1) is 27.7. The lowest BCUT2D eigenvalue weighted by Gasteiger charge is -2.37. The number of carbonyl (C=O) groups is 2. The summed E-state index contributed by atoms with van der Waals surface area (Å²) in [6.45, 7) is 8.37. The first-order valence-corrected chi connectivity index (χ1v) is 14.7. The van der Waals surface area contributed by atoms with Gasteiger partial charge in [0.05, 0.1) is 24.6 Å². The Hall–Kier alpha value is -2.85. The van der Waals surface area contributed by atoms with Crippen LogP contribution in [0.1, 0.15) is 76.8 Å². The molecule has 1 aromatic carbocycles. The van der Waals surface area contributed by atoms with Crippen LogP contribution in [0.4, 0.5) is 15.3 Å². The van der Waals surface area contributed by atoms with Crippen molar-refractivity contribution >= 4 is 29.2 Å². The topological polar surface area (TPSA) is 101 Å². The molecular weight excluding hydrogens is 518 g/mol. The van der Waals surface area contributed by atoms with Crippen molar-refractivity contribution in [3.05, 3.63) is 28.1 Å². The number of carbonyl (C=O) groups excluding carboxylic acids is 2. The smallest absolute Gasteiger partial charge is 0.414 e. The second-order valence-corrected chi connectivity index (χ2v) is 12.7. The molecule has 1 aliphatic carbocycles. The van der Waals surface area contributed by atoms with Crippen molar-refractivity contribution in [2.45, 2.75) is 96.0 Å². The summed E-state index contributed by atoms with van der Waals surface area (Å²) in [5.41, 5.74) is 1.77. The lowest BCUT2D eigenvalue weighted by Crippen LogP contribution is -2.46. The van der Waals surface area contributed by atoms with Gasteiger partial charge in [-0.2, -0.15) is 0 Å². The van der Waals surface area contributed by atoms with E-state index in [-0.39, 0.29) is 24.3 Å². The summed E-state index contributed by atoms with van der Waals surface area (Å²) in [5.74, 6) is 0.779. The van der Waals surface area contributed by atoms with Gasteiger partial charge in [-0.1, -0.05) is 0 Å². The van der Waals surface area contributed by atoms with Gasteiger partial charge >= 0.3 is 12.2 Å². The summed E-state index contributed by atoms with van der Waals surface area (Å²) in [4.78, 5) is 33.4. The number of thiazole rings is 1. The van der Waals surface area contributed by atoms with Gasteiger partial charge < -0.3 is 24.2 Å². The van der Waals surface area contributed by atoms with Crippen LogP contribution in [0.15, 0.2) is 17.5 Å². The van der Waals surface area contributed by atoms with Crippen LogP contribution in [0.25, 0.3) is 11.3 Å². The molecule has 9 nitrogen and oxygen atoms in total. The first-order valence-electron chi connectivity index (χ1n) is 13.9. The highest BCUT2D eigenvalue weighted by molar-refractivity contribution is 7.10. The monoisotopic (exact) mass is 557 g/mol. The fourth-order valence-electron chi connectivity index (χ4n) is 5.38. The van der Waals surface area contributed by atoms with Crippen LogP contribution in [0.2, 0.25) is 0 Å². The number of benzene rings is 1. The molecule has 0 bridgehead atoms. The number of anilines is 1. The van der Waals surface area contributed by atoms with Crippen LogP contribution >= 0.6 is 11.3 Å². The second kappa shape index (κ2) is 10.6. The van der Waals surface area contributed by atoms with E-state index in [2.05, 4.69) is 0 Å². The molecule has 1 aromatic heterocycles.